The monoisotopic (exact) mass is 616 g/mol. The van der Waals surface area contributed by atoms with Gasteiger partial charge in [-0.25, -0.2) is 13.2 Å². The quantitative estimate of drug-likeness (QED) is 0.157. The fourth-order valence-electron chi connectivity index (χ4n) is 4.90. The highest BCUT2D eigenvalue weighted by Crippen LogP contribution is 2.36. The number of methoxy groups -OCH3 is 1. The predicted octanol–water partition coefficient (Wildman–Crippen LogP) is 6.51. The smallest absolute Gasteiger partial charge is 0.340 e. The summed E-state index contributed by atoms with van der Waals surface area (Å²) in [5.74, 6) is -0.427. The van der Waals surface area contributed by atoms with Gasteiger partial charge in [-0.2, -0.15) is 4.31 Å². The number of ether oxygens (including phenoxy) is 1. The van der Waals surface area contributed by atoms with Gasteiger partial charge >= 0.3 is 5.97 Å². The summed E-state index contributed by atoms with van der Waals surface area (Å²) >= 11 is 5.99. The van der Waals surface area contributed by atoms with Gasteiger partial charge in [0, 0.05) is 23.0 Å². The Morgan fingerprint density at radius 1 is 0.953 bits per heavy atom. The number of allylic oxidation sites excluding steroid dienone is 1. The van der Waals surface area contributed by atoms with Crippen LogP contribution in [-0.4, -0.2) is 31.7 Å². The zero-order chi connectivity index (χ0) is 30.7. The molecule has 0 atom stereocenters. The first-order chi connectivity index (χ1) is 20.6. The number of hydrogen-bond acceptors (Lipinski definition) is 6. The van der Waals surface area contributed by atoms with Crippen LogP contribution in [0.5, 0.6) is 0 Å². The lowest BCUT2D eigenvalue weighted by molar-refractivity contribution is -0.136. The van der Waals surface area contributed by atoms with E-state index in [1.807, 2.05) is 55.5 Å². The van der Waals surface area contributed by atoms with Crippen LogP contribution in [0.4, 0.5) is 5.69 Å². The molecule has 0 saturated carbocycles. The number of carbonyl (C=O) groups is 2. The van der Waals surface area contributed by atoms with Crippen LogP contribution in [0.25, 0.3) is 6.08 Å². The molecule has 220 valence electrons. The Morgan fingerprint density at radius 2 is 1.67 bits per heavy atom. The number of nitrogens with zero attached hydrogens (tertiary/aromatic N) is 2. The van der Waals surface area contributed by atoms with E-state index in [4.69, 9.17) is 20.8 Å². The zero-order valence-electron chi connectivity index (χ0n) is 23.8. The number of aryl methyl sites for hydroxylation is 1. The number of amides is 1. The van der Waals surface area contributed by atoms with Crippen molar-refractivity contribution in [2.75, 3.05) is 12.0 Å². The van der Waals surface area contributed by atoms with Gasteiger partial charge < -0.3 is 9.15 Å². The maximum Gasteiger partial charge on any atom is 0.340 e. The van der Waals surface area contributed by atoms with E-state index in [1.165, 1.54) is 46.7 Å². The average Bonchev–Trinajstić information content (AvgIpc) is 3.53. The molecular formula is C33H29ClN2O6S. The van der Waals surface area contributed by atoms with E-state index in [9.17, 15) is 18.0 Å². The Balaban J connectivity index is 1.48. The predicted molar refractivity (Wildman–Crippen MR) is 164 cm³/mol. The third kappa shape index (κ3) is 6.34. The van der Waals surface area contributed by atoms with Crippen molar-refractivity contribution in [1.29, 1.82) is 0 Å². The molecule has 3 aromatic carbocycles. The fraction of sp³-hybridized carbons (Fsp3) is 0.152. The molecule has 0 aliphatic carbocycles. The number of hydrogen-bond donors (Lipinski definition) is 0. The lowest BCUT2D eigenvalue weighted by Crippen LogP contribution is -2.30. The molecule has 10 heteroatoms. The molecular weight excluding hydrogens is 588 g/mol. The highest BCUT2D eigenvalue weighted by molar-refractivity contribution is 7.89. The summed E-state index contributed by atoms with van der Waals surface area (Å²) in [6, 6.07) is 25.9. The second-order valence-electron chi connectivity index (χ2n) is 10.0. The molecule has 8 nitrogen and oxygen atoms in total. The van der Waals surface area contributed by atoms with Gasteiger partial charge in [0.15, 0.2) is 0 Å². The third-order valence-corrected chi connectivity index (χ3v) is 9.06. The van der Waals surface area contributed by atoms with Gasteiger partial charge in [-0.15, -0.1) is 0 Å². The first kappa shape index (κ1) is 30.0. The molecule has 4 aromatic rings. The first-order valence-corrected chi connectivity index (χ1v) is 15.2. The Labute approximate surface area is 255 Å². The number of rotatable bonds is 9. The molecule has 5 rings (SSSR count). The second-order valence-corrected chi connectivity index (χ2v) is 12.4. The standard InChI is InChI=1S/C33H29ClN2O6S/c1-22-8-7-11-26(18-22)36-23(2)31(33(38)41-3)30(32(36)37)19-27-14-15-28(42-27)21-35(20-24-9-5-4-6-10-24)43(39,40)29-16-12-25(34)13-17-29/h4-19H,20-21H2,1-3H3/b30-19+. The number of sulfonamides is 1. The van der Waals surface area contributed by atoms with Crippen LogP contribution < -0.4 is 4.90 Å². The molecule has 1 aromatic heterocycles. The lowest BCUT2D eigenvalue weighted by atomic mass is 10.1. The number of furan rings is 1. The maximum absolute atomic E-state index is 13.7. The first-order valence-electron chi connectivity index (χ1n) is 13.4. The van der Waals surface area contributed by atoms with E-state index < -0.39 is 21.9 Å². The number of benzene rings is 3. The van der Waals surface area contributed by atoms with Crippen molar-refractivity contribution < 1.29 is 27.2 Å². The van der Waals surface area contributed by atoms with Crippen molar-refractivity contribution in [3.05, 3.63) is 136 Å². The maximum atomic E-state index is 13.7. The molecule has 2 heterocycles. The topological polar surface area (TPSA) is 97.1 Å². The van der Waals surface area contributed by atoms with Gasteiger partial charge in [0.2, 0.25) is 10.0 Å². The minimum atomic E-state index is -3.94. The van der Waals surface area contributed by atoms with Crippen LogP contribution >= 0.6 is 11.6 Å². The molecule has 0 fully saturated rings. The largest absolute Gasteiger partial charge is 0.465 e. The van der Waals surface area contributed by atoms with Crippen molar-refractivity contribution in [2.45, 2.75) is 31.8 Å². The van der Waals surface area contributed by atoms with Crippen LogP contribution in [-0.2, 0) is 37.4 Å². The number of anilines is 1. The van der Waals surface area contributed by atoms with E-state index in [2.05, 4.69) is 0 Å². The molecule has 1 amide bonds. The van der Waals surface area contributed by atoms with Gasteiger partial charge in [-0.3, -0.25) is 9.69 Å². The Bertz CT molecular complexity index is 1840. The number of carbonyl (C=O) groups excluding carboxylic acids is 2. The molecule has 0 unspecified atom stereocenters. The summed E-state index contributed by atoms with van der Waals surface area (Å²) in [6.45, 7) is 3.62. The van der Waals surface area contributed by atoms with Crippen molar-refractivity contribution in [3.63, 3.8) is 0 Å². The van der Waals surface area contributed by atoms with Gasteiger partial charge in [-0.1, -0.05) is 54.1 Å². The molecule has 0 saturated heterocycles. The summed E-state index contributed by atoms with van der Waals surface area (Å²) in [6.07, 6.45) is 1.48. The van der Waals surface area contributed by atoms with Gasteiger partial charge in [0.05, 0.1) is 29.7 Å². The van der Waals surface area contributed by atoms with E-state index >= 15 is 0 Å². The second kappa shape index (κ2) is 12.4. The van der Waals surface area contributed by atoms with E-state index in [1.54, 1.807) is 25.1 Å². The van der Waals surface area contributed by atoms with Gasteiger partial charge in [0.25, 0.3) is 5.91 Å². The van der Waals surface area contributed by atoms with Crippen LogP contribution in [0.1, 0.15) is 29.6 Å². The van der Waals surface area contributed by atoms with E-state index in [0.29, 0.717) is 22.2 Å². The van der Waals surface area contributed by atoms with E-state index in [-0.39, 0.29) is 34.9 Å². The zero-order valence-corrected chi connectivity index (χ0v) is 25.4. The van der Waals surface area contributed by atoms with E-state index in [0.717, 1.165) is 11.1 Å². The molecule has 0 spiro atoms. The van der Waals surface area contributed by atoms with Gasteiger partial charge in [-0.05, 0) is 79.6 Å². The summed E-state index contributed by atoms with van der Waals surface area (Å²) in [7, 11) is -2.68. The van der Waals surface area contributed by atoms with Crippen LogP contribution in [0.2, 0.25) is 5.02 Å². The molecule has 0 bridgehead atoms. The normalized spacial score (nSPS) is 14.7. The summed E-state index contributed by atoms with van der Waals surface area (Å²) in [5.41, 5.74) is 3.05. The minimum absolute atomic E-state index is 0.0783. The van der Waals surface area contributed by atoms with Crippen molar-refractivity contribution >= 4 is 45.3 Å². The molecule has 0 radical (unpaired) electrons. The molecule has 1 aliphatic rings. The van der Waals surface area contributed by atoms with Crippen LogP contribution in [0.3, 0.4) is 0 Å². The van der Waals surface area contributed by atoms with Crippen LogP contribution in [0, 0.1) is 6.92 Å². The Kier molecular flexibility index (Phi) is 8.68. The van der Waals surface area contributed by atoms with Crippen LogP contribution in [0.15, 0.2) is 117 Å². The minimum Gasteiger partial charge on any atom is -0.465 e. The molecule has 1 aliphatic heterocycles. The highest BCUT2D eigenvalue weighted by Gasteiger charge is 2.38. The van der Waals surface area contributed by atoms with Gasteiger partial charge in [0.1, 0.15) is 11.5 Å². The fourth-order valence-corrected chi connectivity index (χ4v) is 6.42. The Morgan fingerprint density at radius 3 is 2.35 bits per heavy atom. The lowest BCUT2D eigenvalue weighted by Gasteiger charge is -2.21. The summed E-state index contributed by atoms with van der Waals surface area (Å²) in [5, 5.41) is 0.426. The van der Waals surface area contributed by atoms with Crippen molar-refractivity contribution in [2.24, 2.45) is 0 Å². The van der Waals surface area contributed by atoms with Crippen molar-refractivity contribution in [1.82, 2.24) is 4.31 Å². The number of esters is 1. The molecule has 0 N–H and O–H groups in total. The average molecular weight is 617 g/mol. The molecule has 43 heavy (non-hydrogen) atoms. The summed E-state index contributed by atoms with van der Waals surface area (Å²) < 4.78 is 39.7. The Hall–Kier alpha value is -4.44. The number of halogens is 1. The summed E-state index contributed by atoms with van der Waals surface area (Å²) in [4.78, 5) is 28.0. The third-order valence-electron chi connectivity index (χ3n) is 7.00. The highest BCUT2D eigenvalue weighted by atomic mass is 35.5. The van der Waals surface area contributed by atoms with Crippen molar-refractivity contribution in [3.8, 4) is 0 Å². The SMILES string of the molecule is COC(=O)C1=C(C)N(c2cccc(C)c2)C(=O)/C1=C/c1ccc(CN(Cc2ccccc2)S(=O)(=O)c2ccc(Cl)cc2)o1.